The Morgan fingerprint density at radius 2 is 1.74 bits per heavy atom. The Bertz CT molecular complexity index is 1120. The maximum absolute atomic E-state index is 13.1. The first kappa shape index (κ1) is 24.5. The Kier molecular flexibility index (Phi) is 7.44. The molecule has 2 saturated heterocycles. The lowest BCUT2D eigenvalue weighted by Crippen LogP contribution is -2.49. The van der Waals surface area contributed by atoms with Crippen molar-refractivity contribution < 1.29 is 22.7 Å². The number of rotatable bonds is 7. The quantitative estimate of drug-likeness (QED) is 0.575. The monoisotopic (exact) mass is 491 g/mol. The van der Waals surface area contributed by atoms with E-state index in [9.17, 15) is 13.2 Å². The maximum Gasteiger partial charge on any atom is 0.246 e. The molecule has 0 aliphatic carbocycles. The highest BCUT2D eigenvalue weighted by atomic mass is 32.2. The van der Waals surface area contributed by atoms with Crippen molar-refractivity contribution >= 4 is 21.6 Å². The molecular weight excluding hydrogens is 458 g/mol. The molecule has 0 bridgehead atoms. The fraction of sp³-hybridized carbons (Fsp3) is 0.565. The summed E-state index contributed by atoms with van der Waals surface area (Å²) in [5.74, 6) is 0.874. The number of hydrogen-bond donors (Lipinski definition) is 0. The largest absolute Gasteiger partial charge is 0.495 e. The van der Waals surface area contributed by atoms with Gasteiger partial charge in [0, 0.05) is 45.7 Å². The normalized spacial score (nSPS) is 17.7. The van der Waals surface area contributed by atoms with Crippen LogP contribution < -0.4 is 9.64 Å². The van der Waals surface area contributed by atoms with Gasteiger partial charge in [0.2, 0.25) is 15.9 Å². The number of nitrogens with zero attached hydrogens (tertiary/aromatic N) is 5. The van der Waals surface area contributed by atoms with Crippen molar-refractivity contribution in [2.24, 2.45) is 0 Å². The third-order valence-corrected chi connectivity index (χ3v) is 8.63. The van der Waals surface area contributed by atoms with Gasteiger partial charge in [0.25, 0.3) is 0 Å². The fourth-order valence-corrected chi connectivity index (χ4v) is 6.42. The van der Waals surface area contributed by atoms with E-state index in [-0.39, 0.29) is 17.2 Å². The van der Waals surface area contributed by atoms with Gasteiger partial charge in [-0.15, -0.1) is 0 Å². The second-order valence-corrected chi connectivity index (χ2v) is 10.4. The van der Waals surface area contributed by atoms with Crippen LogP contribution in [0.15, 0.2) is 29.2 Å². The van der Waals surface area contributed by atoms with Gasteiger partial charge in [-0.25, -0.2) is 8.42 Å². The summed E-state index contributed by atoms with van der Waals surface area (Å²) in [6.07, 6.45) is 0.271. The Labute approximate surface area is 201 Å². The van der Waals surface area contributed by atoms with Gasteiger partial charge in [0.1, 0.15) is 10.6 Å². The number of aromatic nitrogens is 2. The van der Waals surface area contributed by atoms with Gasteiger partial charge in [0.15, 0.2) is 0 Å². The average Bonchev–Trinajstić information content (AvgIpc) is 3.16. The predicted octanol–water partition coefficient (Wildman–Crippen LogP) is 1.27. The lowest BCUT2D eigenvalue weighted by Gasteiger charge is -2.36. The molecule has 2 aliphatic rings. The van der Waals surface area contributed by atoms with Crippen LogP contribution in [0.4, 0.5) is 5.69 Å². The van der Waals surface area contributed by atoms with Crippen LogP contribution in [0.2, 0.25) is 0 Å². The van der Waals surface area contributed by atoms with Crippen molar-refractivity contribution in [2.75, 3.05) is 64.5 Å². The number of amides is 1. The van der Waals surface area contributed by atoms with Crippen LogP contribution in [-0.2, 0) is 26.1 Å². The second kappa shape index (κ2) is 10.3. The van der Waals surface area contributed by atoms with E-state index in [2.05, 4.69) is 10.00 Å². The first-order chi connectivity index (χ1) is 16.3. The molecule has 0 unspecified atom stereocenters. The number of carbonyl (C=O) groups is 1. The van der Waals surface area contributed by atoms with Crippen LogP contribution in [0.3, 0.4) is 0 Å². The number of hydrogen-bond acceptors (Lipinski definition) is 7. The minimum atomic E-state index is -3.64. The number of aryl methyl sites for hydroxylation is 2. The number of ether oxygens (including phenoxy) is 2. The molecule has 0 atom stereocenters. The van der Waals surface area contributed by atoms with Gasteiger partial charge in [-0.2, -0.15) is 9.40 Å². The van der Waals surface area contributed by atoms with Gasteiger partial charge in [-0.1, -0.05) is 12.1 Å². The molecule has 1 aromatic carbocycles. The third kappa shape index (κ3) is 4.91. The summed E-state index contributed by atoms with van der Waals surface area (Å²) in [6, 6.07) is 7.90. The molecule has 2 aromatic rings. The minimum Gasteiger partial charge on any atom is -0.495 e. The number of sulfonamides is 1. The van der Waals surface area contributed by atoms with Crippen molar-refractivity contribution in [1.29, 1.82) is 0 Å². The van der Waals surface area contributed by atoms with Crippen molar-refractivity contribution in [3.8, 4) is 5.75 Å². The van der Waals surface area contributed by atoms with Crippen LogP contribution in [0.1, 0.15) is 17.8 Å². The van der Waals surface area contributed by atoms with Crippen molar-refractivity contribution in [1.82, 2.24) is 19.0 Å². The minimum absolute atomic E-state index is 0.0461. The van der Waals surface area contributed by atoms with Crippen LogP contribution in [0.25, 0.3) is 0 Å². The second-order valence-electron chi connectivity index (χ2n) is 8.53. The lowest BCUT2D eigenvalue weighted by molar-refractivity contribution is -0.131. The zero-order valence-corrected chi connectivity index (χ0v) is 20.9. The summed E-state index contributed by atoms with van der Waals surface area (Å²) >= 11 is 0. The highest BCUT2D eigenvalue weighted by Crippen LogP contribution is 2.28. The summed E-state index contributed by atoms with van der Waals surface area (Å²) in [6.45, 7) is 7.99. The number of piperazine rings is 1. The van der Waals surface area contributed by atoms with Crippen LogP contribution in [0.5, 0.6) is 5.75 Å². The molecule has 186 valence electrons. The van der Waals surface area contributed by atoms with E-state index in [4.69, 9.17) is 9.47 Å². The molecule has 10 nitrogen and oxygen atoms in total. The van der Waals surface area contributed by atoms with E-state index in [0.29, 0.717) is 57.3 Å². The van der Waals surface area contributed by atoms with Crippen molar-refractivity contribution in [3.63, 3.8) is 0 Å². The first-order valence-electron chi connectivity index (χ1n) is 11.6. The number of anilines is 1. The molecule has 11 heteroatoms. The smallest absolute Gasteiger partial charge is 0.246 e. The van der Waals surface area contributed by atoms with Crippen molar-refractivity contribution in [3.05, 3.63) is 35.7 Å². The fourth-order valence-electron chi connectivity index (χ4n) is 4.64. The SMILES string of the molecule is COc1ccccc1N1CCN(C(=O)CCn2nc(C)c(S(=O)(=O)N3CCOCC3)c2C)CC1. The number of methoxy groups -OCH3 is 1. The molecule has 0 saturated carbocycles. The predicted molar refractivity (Wildman–Crippen MR) is 128 cm³/mol. The van der Waals surface area contributed by atoms with E-state index in [1.54, 1.807) is 25.6 Å². The molecule has 0 N–H and O–H groups in total. The topological polar surface area (TPSA) is 97.2 Å². The highest BCUT2D eigenvalue weighted by molar-refractivity contribution is 7.89. The highest BCUT2D eigenvalue weighted by Gasteiger charge is 2.32. The van der Waals surface area contributed by atoms with E-state index < -0.39 is 10.0 Å². The van der Waals surface area contributed by atoms with Crippen LogP contribution in [-0.4, -0.2) is 92.9 Å². The summed E-state index contributed by atoms with van der Waals surface area (Å²) in [4.78, 5) is 17.2. The maximum atomic E-state index is 13.1. The summed E-state index contributed by atoms with van der Waals surface area (Å²) in [5, 5.41) is 4.45. The van der Waals surface area contributed by atoms with E-state index in [0.717, 1.165) is 24.5 Å². The van der Waals surface area contributed by atoms with Crippen LogP contribution in [0, 0.1) is 13.8 Å². The molecule has 34 heavy (non-hydrogen) atoms. The zero-order chi connectivity index (χ0) is 24.3. The van der Waals surface area contributed by atoms with E-state index in [1.165, 1.54) is 4.31 Å². The molecule has 2 fully saturated rings. The first-order valence-corrected chi connectivity index (χ1v) is 13.0. The van der Waals surface area contributed by atoms with Crippen molar-refractivity contribution in [2.45, 2.75) is 31.7 Å². The van der Waals surface area contributed by atoms with Gasteiger partial charge in [-0.3, -0.25) is 9.48 Å². The number of morpholine rings is 1. The molecule has 2 aliphatic heterocycles. The Hall–Kier alpha value is -2.63. The van der Waals surface area contributed by atoms with Gasteiger partial charge in [0.05, 0.1) is 43.9 Å². The van der Waals surface area contributed by atoms with E-state index in [1.807, 2.05) is 29.2 Å². The summed E-state index contributed by atoms with van der Waals surface area (Å²) < 4.78 is 40.1. The molecule has 1 aromatic heterocycles. The summed E-state index contributed by atoms with van der Waals surface area (Å²) in [7, 11) is -1.98. The van der Waals surface area contributed by atoms with Gasteiger partial charge < -0.3 is 19.3 Å². The summed E-state index contributed by atoms with van der Waals surface area (Å²) in [5.41, 5.74) is 2.06. The van der Waals surface area contributed by atoms with E-state index >= 15 is 0 Å². The zero-order valence-electron chi connectivity index (χ0n) is 20.1. The Morgan fingerprint density at radius 3 is 2.41 bits per heavy atom. The molecule has 0 radical (unpaired) electrons. The molecule has 4 rings (SSSR count). The molecular formula is C23H33N5O5S. The Morgan fingerprint density at radius 1 is 1.06 bits per heavy atom. The number of benzene rings is 1. The molecule has 3 heterocycles. The lowest BCUT2D eigenvalue weighted by atomic mass is 10.2. The molecule has 0 spiro atoms. The standard InChI is InChI=1S/C23H33N5O5S/c1-18-23(34(30,31)27-14-16-33-17-15-27)19(2)28(24-18)9-8-22(29)26-12-10-25(11-13-26)20-6-4-5-7-21(20)32-3/h4-7H,8-17H2,1-3H3. The average molecular weight is 492 g/mol. The van der Waals surface area contributed by atoms with Gasteiger partial charge in [-0.05, 0) is 26.0 Å². The Balaban J connectivity index is 1.36. The molecule has 1 amide bonds. The number of para-hydroxylation sites is 2. The van der Waals surface area contributed by atoms with Gasteiger partial charge >= 0.3 is 0 Å². The third-order valence-electron chi connectivity index (χ3n) is 6.48. The van der Waals surface area contributed by atoms with Crippen LogP contribution >= 0.6 is 0 Å². The number of carbonyl (C=O) groups excluding carboxylic acids is 1.